The van der Waals surface area contributed by atoms with Crippen LogP contribution in [0.4, 0.5) is 4.39 Å². The maximum Gasteiger partial charge on any atom is 0.159 e. The first-order valence-electron chi connectivity index (χ1n) is 6.86. The van der Waals surface area contributed by atoms with E-state index in [1.54, 1.807) is 6.07 Å². The molecule has 0 fully saturated rings. The summed E-state index contributed by atoms with van der Waals surface area (Å²) >= 11 is 0. The van der Waals surface area contributed by atoms with E-state index in [4.69, 9.17) is 0 Å². The Labute approximate surface area is 119 Å². The Morgan fingerprint density at radius 1 is 1.30 bits per heavy atom. The molecular formula is C16H20FN3. The van der Waals surface area contributed by atoms with E-state index < -0.39 is 0 Å². The third-order valence-corrected chi connectivity index (χ3v) is 3.42. The maximum absolute atomic E-state index is 13.1. The van der Waals surface area contributed by atoms with E-state index in [1.807, 2.05) is 20.0 Å². The van der Waals surface area contributed by atoms with Crippen LogP contribution in [0.15, 0.2) is 24.4 Å². The molecule has 20 heavy (non-hydrogen) atoms. The number of nitrogens with one attached hydrogen (secondary N) is 1. The van der Waals surface area contributed by atoms with Gasteiger partial charge in [0.2, 0.25) is 0 Å². The van der Waals surface area contributed by atoms with E-state index in [0.29, 0.717) is 5.82 Å². The van der Waals surface area contributed by atoms with Crippen LogP contribution in [0.5, 0.6) is 0 Å². The number of benzene rings is 1. The fourth-order valence-corrected chi connectivity index (χ4v) is 2.33. The molecule has 0 amide bonds. The zero-order chi connectivity index (χ0) is 14.7. The minimum atomic E-state index is -0.236. The fourth-order valence-electron chi connectivity index (χ4n) is 2.33. The van der Waals surface area contributed by atoms with Crippen molar-refractivity contribution in [3.63, 3.8) is 0 Å². The maximum atomic E-state index is 13.1. The van der Waals surface area contributed by atoms with E-state index in [1.165, 1.54) is 12.1 Å². The lowest BCUT2D eigenvalue weighted by atomic mass is 10.1. The standard InChI is InChI=1S/C16H20FN3/c1-5-18-11(3)15-9-19-16(20-12(15)4)14-7-6-13(17)8-10(14)2/h6-9,11,18H,5H2,1-4H3. The second-order valence-corrected chi connectivity index (χ2v) is 4.97. The molecule has 3 nitrogen and oxygen atoms in total. The summed E-state index contributed by atoms with van der Waals surface area (Å²) in [6, 6.07) is 4.90. The van der Waals surface area contributed by atoms with Crippen LogP contribution in [-0.2, 0) is 0 Å². The van der Waals surface area contributed by atoms with Gasteiger partial charge in [-0.3, -0.25) is 0 Å². The smallest absolute Gasteiger partial charge is 0.159 e. The van der Waals surface area contributed by atoms with Gasteiger partial charge in [0, 0.05) is 29.1 Å². The van der Waals surface area contributed by atoms with Crippen LogP contribution in [0, 0.1) is 19.7 Å². The Bertz CT molecular complexity index is 611. The van der Waals surface area contributed by atoms with Crippen molar-refractivity contribution in [3.8, 4) is 11.4 Å². The Hall–Kier alpha value is -1.81. The van der Waals surface area contributed by atoms with Crippen molar-refractivity contribution in [3.05, 3.63) is 47.0 Å². The second kappa shape index (κ2) is 6.09. The van der Waals surface area contributed by atoms with Crippen LogP contribution < -0.4 is 5.32 Å². The number of hydrogen-bond acceptors (Lipinski definition) is 3. The molecule has 0 aliphatic rings. The molecule has 1 N–H and O–H groups in total. The molecule has 1 unspecified atom stereocenters. The quantitative estimate of drug-likeness (QED) is 0.925. The number of aryl methyl sites for hydroxylation is 2. The highest BCUT2D eigenvalue weighted by atomic mass is 19.1. The SMILES string of the molecule is CCNC(C)c1cnc(-c2ccc(F)cc2C)nc1C. The van der Waals surface area contributed by atoms with Crippen molar-refractivity contribution in [2.75, 3.05) is 6.54 Å². The molecule has 2 aromatic rings. The largest absolute Gasteiger partial charge is 0.310 e. The van der Waals surface area contributed by atoms with E-state index in [2.05, 4.69) is 29.1 Å². The third-order valence-electron chi connectivity index (χ3n) is 3.42. The average molecular weight is 273 g/mol. The minimum Gasteiger partial charge on any atom is -0.310 e. The van der Waals surface area contributed by atoms with Crippen LogP contribution in [0.25, 0.3) is 11.4 Å². The van der Waals surface area contributed by atoms with E-state index in [0.717, 1.165) is 28.9 Å². The molecule has 0 radical (unpaired) electrons. The molecule has 0 aliphatic carbocycles. The van der Waals surface area contributed by atoms with Crippen molar-refractivity contribution in [2.24, 2.45) is 0 Å². The summed E-state index contributed by atoms with van der Waals surface area (Å²) in [5, 5.41) is 3.35. The number of halogens is 1. The molecule has 0 bridgehead atoms. The van der Waals surface area contributed by atoms with Gasteiger partial charge in [0.15, 0.2) is 5.82 Å². The number of aromatic nitrogens is 2. The Kier molecular flexibility index (Phi) is 4.45. The van der Waals surface area contributed by atoms with E-state index in [-0.39, 0.29) is 11.9 Å². The molecule has 4 heteroatoms. The van der Waals surface area contributed by atoms with E-state index >= 15 is 0 Å². The predicted octanol–water partition coefficient (Wildman–Crippen LogP) is 3.57. The van der Waals surface area contributed by atoms with Crippen LogP contribution in [-0.4, -0.2) is 16.5 Å². The first-order chi connectivity index (χ1) is 9.52. The molecule has 0 saturated carbocycles. The summed E-state index contributed by atoms with van der Waals surface area (Å²) in [5.74, 6) is 0.410. The van der Waals surface area contributed by atoms with Crippen LogP contribution >= 0.6 is 0 Å². The molecule has 0 aliphatic heterocycles. The van der Waals surface area contributed by atoms with Gasteiger partial charge >= 0.3 is 0 Å². The molecule has 0 saturated heterocycles. The topological polar surface area (TPSA) is 37.8 Å². The lowest BCUT2D eigenvalue weighted by molar-refractivity contribution is 0.590. The number of rotatable bonds is 4. The van der Waals surface area contributed by atoms with Gasteiger partial charge in [-0.2, -0.15) is 0 Å². The molecular weight excluding hydrogens is 253 g/mol. The van der Waals surface area contributed by atoms with Crippen LogP contribution in [0.1, 0.15) is 36.7 Å². The Morgan fingerprint density at radius 3 is 2.65 bits per heavy atom. The first kappa shape index (κ1) is 14.6. The van der Waals surface area contributed by atoms with Gasteiger partial charge in [-0.05, 0) is 51.1 Å². The van der Waals surface area contributed by atoms with Gasteiger partial charge in [0.1, 0.15) is 5.82 Å². The molecule has 2 rings (SSSR count). The second-order valence-electron chi connectivity index (χ2n) is 4.97. The summed E-state index contributed by atoms with van der Waals surface area (Å²) in [4.78, 5) is 8.99. The normalized spacial score (nSPS) is 12.4. The van der Waals surface area contributed by atoms with Crippen molar-refractivity contribution < 1.29 is 4.39 Å². The monoisotopic (exact) mass is 273 g/mol. The molecule has 1 atom stereocenters. The molecule has 0 spiro atoms. The van der Waals surface area contributed by atoms with Crippen molar-refractivity contribution >= 4 is 0 Å². The predicted molar refractivity (Wildman–Crippen MR) is 79.0 cm³/mol. The highest BCUT2D eigenvalue weighted by molar-refractivity contribution is 5.60. The molecule has 1 heterocycles. The van der Waals surface area contributed by atoms with Gasteiger partial charge in [-0.15, -0.1) is 0 Å². The Balaban J connectivity index is 2.38. The van der Waals surface area contributed by atoms with Crippen LogP contribution in [0.3, 0.4) is 0 Å². The lowest BCUT2D eigenvalue weighted by Gasteiger charge is -2.15. The minimum absolute atomic E-state index is 0.225. The zero-order valence-corrected chi connectivity index (χ0v) is 12.4. The zero-order valence-electron chi connectivity index (χ0n) is 12.4. The summed E-state index contributed by atoms with van der Waals surface area (Å²) in [6.07, 6.45) is 1.85. The summed E-state index contributed by atoms with van der Waals surface area (Å²) in [6.45, 7) is 8.92. The van der Waals surface area contributed by atoms with Gasteiger partial charge in [0.25, 0.3) is 0 Å². The van der Waals surface area contributed by atoms with Crippen molar-refractivity contribution in [1.29, 1.82) is 0 Å². The molecule has 1 aromatic heterocycles. The average Bonchev–Trinajstić information content (AvgIpc) is 2.38. The van der Waals surface area contributed by atoms with Crippen molar-refractivity contribution in [2.45, 2.75) is 33.7 Å². The molecule has 1 aromatic carbocycles. The first-order valence-corrected chi connectivity index (χ1v) is 6.86. The van der Waals surface area contributed by atoms with Gasteiger partial charge in [-0.1, -0.05) is 6.92 Å². The molecule has 106 valence electrons. The van der Waals surface area contributed by atoms with Crippen LogP contribution in [0.2, 0.25) is 0 Å². The number of hydrogen-bond donors (Lipinski definition) is 1. The highest BCUT2D eigenvalue weighted by Gasteiger charge is 2.12. The highest BCUT2D eigenvalue weighted by Crippen LogP contribution is 2.23. The lowest BCUT2D eigenvalue weighted by Crippen LogP contribution is -2.19. The van der Waals surface area contributed by atoms with Gasteiger partial charge in [0.05, 0.1) is 0 Å². The van der Waals surface area contributed by atoms with Crippen molar-refractivity contribution in [1.82, 2.24) is 15.3 Å². The summed E-state index contributed by atoms with van der Waals surface area (Å²) in [7, 11) is 0. The Morgan fingerprint density at radius 2 is 2.05 bits per heavy atom. The van der Waals surface area contributed by atoms with Gasteiger partial charge < -0.3 is 5.32 Å². The summed E-state index contributed by atoms with van der Waals surface area (Å²) in [5.41, 5.74) is 3.76. The van der Waals surface area contributed by atoms with E-state index in [9.17, 15) is 4.39 Å². The fraction of sp³-hybridized carbons (Fsp3) is 0.375. The number of nitrogens with zero attached hydrogens (tertiary/aromatic N) is 2. The third kappa shape index (κ3) is 3.02. The summed E-state index contributed by atoms with van der Waals surface area (Å²) < 4.78 is 13.1. The van der Waals surface area contributed by atoms with Gasteiger partial charge in [-0.25, -0.2) is 14.4 Å².